The molecule has 0 aromatic heterocycles. The van der Waals surface area contributed by atoms with Crippen LogP contribution in [0.3, 0.4) is 0 Å². The molecule has 18 nitrogen and oxygen atoms in total. The van der Waals surface area contributed by atoms with Gasteiger partial charge in [-0.2, -0.15) is 0 Å². The van der Waals surface area contributed by atoms with Gasteiger partial charge in [-0.1, -0.05) is 0 Å². The van der Waals surface area contributed by atoms with Gasteiger partial charge in [-0.15, -0.1) is 0 Å². The molecule has 4 atom stereocenters. The lowest BCUT2D eigenvalue weighted by Crippen LogP contribution is -2.58. The van der Waals surface area contributed by atoms with Crippen LogP contribution in [0.5, 0.6) is 0 Å². The second-order valence-electron chi connectivity index (χ2n) is 8.21. The predicted octanol–water partition coefficient (Wildman–Crippen LogP) is -5.78. The first-order chi connectivity index (χ1) is 17.8. The van der Waals surface area contributed by atoms with Crippen molar-refractivity contribution in [2.45, 2.75) is 62.7 Å². The maximum absolute atomic E-state index is 12.8. The number of guanidine groups is 2. The van der Waals surface area contributed by atoms with E-state index < -0.39 is 60.4 Å². The number of nitrogens with zero attached hydrogens (tertiary/aromatic N) is 2. The highest BCUT2D eigenvalue weighted by atomic mass is 16.4. The molecular weight excluding hydrogens is 506 g/mol. The van der Waals surface area contributed by atoms with Gasteiger partial charge in [-0.25, -0.2) is 4.79 Å². The smallest absolute Gasteiger partial charge is 0.326 e. The van der Waals surface area contributed by atoms with Gasteiger partial charge >= 0.3 is 5.97 Å². The number of carboxylic acid groups (broad SMARTS) is 1. The number of aliphatic imine (C=N–C) groups is 2. The fourth-order valence-corrected chi connectivity index (χ4v) is 2.98. The molecule has 4 amide bonds. The summed E-state index contributed by atoms with van der Waals surface area (Å²) in [4.78, 5) is 68.0. The van der Waals surface area contributed by atoms with Crippen LogP contribution in [-0.2, 0) is 24.0 Å². The summed E-state index contributed by atoms with van der Waals surface area (Å²) < 4.78 is 0. The summed E-state index contributed by atoms with van der Waals surface area (Å²) in [7, 11) is 0. The van der Waals surface area contributed by atoms with Crippen molar-refractivity contribution in [1.29, 1.82) is 0 Å². The number of hydrogen-bond acceptors (Lipinski definition) is 9. The van der Waals surface area contributed by atoms with Crippen LogP contribution in [0, 0.1) is 0 Å². The second kappa shape index (κ2) is 18.1. The zero-order valence-corrected chi connectivity index (χ0v) is 21.0. The van der Waals surface area contributed by atoms with Crippen molar-refractivity contribution >= 4 is 41.5 Å². The summed E-state index contributed by atoms with van der Waals surface area (Å²) in [6.45, 7) is -0.488. The van der Waals surface area contributed by atoms with Crippen LogP contribution in [0.25, 0.3) is 0 Å². The Kier molecular flexibility index (Phi) is 16.1. The minimum atomic E-state index is -1.47. The van der Waals surface area contributed by atoms with Crippen molar-refractivity contribution in [3.05, 3.63) is 0 Å². The first kappa shape index (κ1) is 33.8. The number of carbonyl (C=O) groups is 5. The molecule has 0 saturated carbocycles. The average Bonchev–Trinajstić information content (AvgIpc) is 2.83. The largest absolute Gasteiger partial charge is 0.480 e. The van der Waals surface area contributed by atoms with Gasteiger partial charge in [0, 0.05) is 19.5 Å². The van der Waals surface area contributed by atoms with E-state index in [0.29, 0.717) is 6.42 Å². The quantitative estimate of drug-likeness (QED) is 0.0410. The van der Waals surface area contributed by atoms with E-state index in [1.807, 2.05) is 0 Å². The molecule has 0 aromatic carbocycles. The lowest BCUT2D eigenvalue weighted by atomic mass is 10.1. The Labute approximate surface area is 219 Å². The minimum Gasteiger partial charge on any atom is -0.480 e. The molecule has 17 N–H and O–H groups in total. The topological polar surface area (TPSA) is 343 Å². The van der Waals surface area contributed by atoms with Crippen molar-refractivity contribution in [3.63, 3.8) is 0 Å². The van der Waals surface area contributed by atoms with Crippen molar-refractivity contribution in [2.24, 2.45) is 44.4 Å². The van der Waals surface area contributed by atoms with Gasteiger partial charge in [-0.05, 0) is 32.1 Å². The highest BCUT2D eigenvalue weighted by Gasteiger charge is 2.30. The standard InChI is InChI=1S/C20H39N11O7/c21-10(3-1-7-27-19(23)24)15(34)31-13(9-32)17(36)29-11(4-2-8-28-20(25)26)16(35)30-12(18(37)38)5-6-14(22)33/h10-13,32H,1-9,21H2,(H2,22,33)(H,29,36)(H,30,35)(H,31,34)(H,37,38)(H4,23,24,27)(H4,25,26,28). The summed E-state index contributed by atoms with van der Waals surface area (Å²) in [6.07, 6.45) is 0.144. The van der Waals surface area contributed by atoms with Crippen molar-refractivity contribution in [2.75, 3.05) is 19.7 Å². The van der Waals surface area contributed by atoms with Crippen LogP contribution < -0.4 is 50.4 Å². The highest BCUT2D eigenvalue weighted by Crippen LogP contribution is 2.04. The molecule has 0 saturated heterocycles. The number of primary amides is 1. The third kappa shape index (κ3) is 15.0. The van der Waals surface area contributed by atoms with E-state index in [1.165, 1.54) is 0 Å². The van der Waals surface area contributed by atoms with Crippen LogP contribution in [0.2, 0.25) is 0 Å². The van der Waals surface area contributed by atoms with Crippen LogP contribution >= 0.6 is 0 Å². The maximum atomic E-state index is 12.8. The van der Waals surface area contributed by atoms with Crippen LogP contribution in [0.4, 0.5) is 0 Å². The van der Waals surface area contributed by atoms with Gasteiger partial charge < -0.3 is 60.6 Å². The van der Waals surface area contributed by atoms with Gasteiger partial charge in [0.15, 0.2) is 11.9 Å². The fraction of sp³-hybridized carbons (Fsp3) is 0.650. The molecule has 0 spiro atoms. The second-order valence-corrected chi connectivity index (χ2v) is 8.21. The van der Waals surface area contributed by atoms with Gasteiger partial charge in [-0.3, -0.25) is 29.2 Å². The summed E-state index contributed by atoms with van der Waals surface area (Å²) in [5.41, 5.74) is 31.8. The normalized spacial score (nSPS) is 13.6. The Morgan fingerprint density at radius 2 is 1.16 bits per heavy atom. The number of hydrogen-bond donors (Lipinski definition) is 11. The van der Waals surface area contributed by atoms with E-state index in [9.17, 15) is 34.2 Å². The SMILES string of the molecule is NC(=O)CCC(NC(=O)C(CCCN=C(N)N)NC(=O)C(CO)NC(=O)C(N)CCCN=C(N)N)C(=O)O. The maximum Gasteiger partial charge on any atom is 0.326 e. The summed E-state index contributed by atoms with van der Waals surface area (Å²) in [6, 6.07) is -5.26. The molecule has 0 aliphatic heterocycles. The molecule has 4 unspecified atom stereocenters. The number of aliphatic hydroxyl groups is 1. The molecule has 0 aromatic rings. The number of aliphatic hydroxyl groups excluding tert-OH is 1. The lowest BCUT2D eigenvalue weighted by Gasteiger charge is -2.24. The molecule has 0 rings (SSSR count). The molecule has 18 heteroatoms. The molecule has 0 bridgehead atoms. The molecule has 0 aliphatic carbocycles. The first-order valence-electron chi connectivity index (χ1n) is 11.7. The molecular formula is C20H39N11O7. The predicted molar refractivity (Wildman–Crippen MR) is 137 cm³/mol. The third-order valence-electron chi connectivity index (χ3n) is 4.99. The Morgan fingerprint density at radius 1 is 0.684 bits per heavy atom. The average molecular weight is 546 g/mol. The summed E-state index contributed by atoms with van der Waals surface area (Å²) >= 11 is 0. The Morgan fingerprint density at radius 3 is 1.63 bits per heavy atom. The van der Waals surface area contributed by atoms with Gasteiger partial charge in [0.1, 0.15) is 18.1 Å². The van der Waals surface area contributed by atoms with E-state index in [-0.39, 0.29) is 57.1 Å². The number of aliphatic carboxylic acids is 1. The van der Waals surface area contributed by atoms with E-state index in [4.69, 9.17) is 34.4 Å². The van der Waals surface area contributed by atoms with Gasteiger partial charge in [0.2, 0.25) is 23.6 Å². The monoisotopic (exact) mass is 545 g/mol. The zero-order valence-electron chi connectivity index (χ0n) is 21.0. The number of rotatable bonds is 19. The molecule has 0 radical (unpaired) electrons. The Hall–Kier alpha value is -4.19. The number of nitrogens with one attached hydrogen (secondary N) is 3. The summed E-state index contributed by atoms with van der Waals surface area (Å²) in [5.74, 6) is -5.04. The van der Waals surface area contributed by atoms with Crippen LogP contribution in [0.15, 0.2) is 9.98 Å². The van der Waals surface area contributed by atoms with E-state index in [2.05, 4.69) is 25.9 Å². The molecule has 0 aliphatic rings. The molecule has 216 valence electrons. The minimum absolute atomic E-state index is 0.0348. The molecule has 0 fully saturated rings. The van der Waals surface area contributed by atoms with E-state index in [0.717, 1.165) is 0 Å². The number of nitrogens with two attached hydrogens (primary N) is 6. The fourth-order valence-electron chi connectivity index (χ4n) is 2.98. The van der Waals surface area contributed by atoms with Crippen LogP contribution in [-0.4, -0.2) is 95.6 Å². The third-order valence-corrected chi connectivity index (χ3v) is 4.99. The van der Waals surface area contributed by atoms with Gasteiger partial charge in [0.05, 0.1) is 12.6 Å². The first-order valence-corrected chi connectivity index (χ1v) is 11.7. The highest BCUT2D eigenvalue weighted by molar-refractivity contribution is 5.94. The number of carbonyl (C=O) groups excluding carboxylic acids is 4. The lowest BCUT2D eigenvalue weighted by molar-refractivity contribution is -0.142. The van der Waals surface area contributed by atoms with Crippen molar-refractivity contribution in [3.8, 4) is 0 Å². The van der Waals surface area contributed by atoms with Crippen molar-refractivity contribution in [1.82, 2.24) is 16.0 Å². The Balaban J connectivity index is 5.34. The van der Waals surface area contributed by atoms with E-state index >= 15 is 0 Å². The van der Waals surface area contributed by atoms with Gasteiger partial charge in [0.25, 0.3) is 0 Å². The van der Waals surface area contributed by atoms with Crippen molar-refractivity contribution < 1.29 is 34.2 Å². The van der Waals surface area contributed by atoms with Crippen LogP contribution in [0.1, 0.15) is 38.5 Å². The zero-order chi connectivity index (χ0) is 29.3. The Bertz CT molecular complexity index is 873. The summed E-state index contributed by atoms with van der Waals surface area (Å²) in [5, 5.41) is 25.9. The number of carboxylic acids is 1. The molecule has 0 heterocycles. The van der Waals surface area contributed by atoms with E-state index in [1.54, 1.807) is 0 Å². The molecule has 38 heavy (non-hydrogen) atoms. The number of amides is 4.